The van der Waals surface area contributed by atoms with Crippen molar-refractivity contribution in [1.82, 2.24) is 9.55 Å². The predicted molar refractivity (Wildman–Crippen MR) is 110 cm³/mol. The van der Waals surface area contributed by atoms with Gasteiger partial charge in [0.1, 0.15) is 6.33 Å². The topological polar surface area (TPSA) is 70.7 Å². The first-order valence-electron chi connectivity index (χ1n) is 8.91. The Balaban J connectivity index is 1.63. The molecule has 5 heteroatoms. The van der Waals surface area contributed by atoms with Gasteiger partial charge in [-0.15, -0.1) is 0 Å². The highest BCUT2D eigenvalue weighted by Crippen LogP contribution is 2.23. The van der Waals surface area contributed by atoms with E-state index in [1.165, 1.54) is 11.1 Å². The molecule has 0 radical (unpaired) electrons. The quantitative estimate of drug-likeness (QED) is 0.568. The number of carbonyl (C=O) groups excluding carboxylic acids is 1. The second kappa shape index (κ2) is 7.01. The first kappa shape index (κ1) is 17.5. The van der Waals surface area contributed by atoms with Crippen LogP contribution in [0.3, 0.4) is 0 Å². The molecule has 28 heavy (non-hydrogen) atoms. The van der Waals surface area contributed by atoms with E-state index in [1.54, 1.807) is 42.7 Å². The number of imidazole rings is 1. The van der Waals surface area contributed by atoms with Crippen molar-refractivity contribution in [3.63, 3.8) is 0 Å². The van der Waals surface area contributed by atoms with E-state index in [1.807, 2.05) is 10.6 Å². The van der Waals surface area contributed by atoms with Crippen LogP contribution in [0.4, 0.5) is 5.69 Å². The smallest absolute Gasteiger partial charge is 0.255 e. The molecule has 0 saturated heterocycles. The molecule has 5 nitrogen and oxygen atoms in total. The van der Waals surface area contributed by atoms with Crippen molar-refractivity contribution in [3.05, 3.63) is 89.2 Å². The molecule has 0 atom stereocenters. The maximum atomic E-state index is 12.6. The Morgan fingerprint density at radius 1 is 1.04 bits per heavy atom. The van der Waals surface area contributed by atoms with Crippen LogP contribution in [0.1, 0.15) is 27.0 Å². The molecule has 4 aromatic rings. The summed E-state index contributed by atoms with van der Waals surface area (Å²) in [7, 11) is 0. The van der Waals surface area contributed by atoms with Crippen molar-refractivity contribution in [2.45, 2.75) is 13.8 Å². The van der Waals surface area contributed by atoms with Crippen LogP contribution >= 0.6 is 0 Å². The molecule has 1 heterocycles. The number of amides is 1. The van der Waals surface area contributed by atoms with E-state index in [2.05, 4.69) is 48.4 Å². The zero-order chi connectivity index (χ0) is 19.7. The second-order valence-corrected chi connectivity index (χ2v) is 6.75. The molecule has 0 saturated carbocycles. The third-order valence-corrected chi connectivity index (χ3v) is 4.69. The number of nitriles is 1. The minimum absolute atomic E-state index is 0.215. The van der Waals surface area contributed by atoms with Gasteiger partial charge < -0.3 is 5.32 Å². The van der Waals surface area contributed by atoms with Gasteiger partial charge in [0, 0.05) is 11.3 Å². The summed E-state index contributed by atoms with van der Waals surface area (Å²) in [6.07, 6.45) is 1.78. The van der Waals surface area contributed by atoms with Crippen molar-refractivity contribution in [1.29, 1.82) is 5.26 Å². The summed E-state index contributed by atoms with van der Waals surface area (Å²) >= 11 is 0. The standard InChI is InChI=1S/C23H18N4O/c1-15-3-9-21(16(2)11-15)27-14-25-20-12-18(6-10-22(20)27)23(28)26-19-7-4-17(13-24)5-8-19/h3-12,14H,1-2H3,(H,26,28). The first-order valence-corrected chi connectivity index (χ1v) is 8.91. The number of hydrogen-bond donors (Lipinski definition) is 1. The van der Waals surface area contributed by atoms with E-state index >= 15 is 0 Å². The third-order valence-electron chi connectivity index (χ3n) is 4.69. The van der Waals surface area contributed by atoms with Crippen LogP contribution in [0.5, 0.6) is 0 Å². The van der Waals surface area contributed by atoms with Crippen molar-refractivity contribution >= 4 is 22.6 Å². The monoisotopic (exact) mass is 366 g/mol. The van der Waals surface area contributed by atoms with E-state index in [0.29, 0.717) is 16.8 Å². The average Bonchev–Trinajstić information content (AvgIpc) is 3.11. The maximum absolute atomic E-state index is 12.6. The number of anilines is 1. The number of fused-ring (bicyclic) bond motifs is 1. The Morgan fingerprint density at radius 3 is 2.54 bits per heavy atom. The van der Waals surface area contributed by atoms with Crippen molar-refractivity contribution in [3.8, 4) is 11.8 Å². The van der Waals surface area contributed by atoms with Gasteiger partial charge in [-0.2, -0.15) is 5.26 Å². The van der Waals surface area contributed by atoms with E-state index in [9.17, 15) is 4.79 Å². The molecule has 136 valence electrons. The van der Waals surface area contributed by atoms with Crippen LogP contribution in [0.2, 0.25) is 0 Å². The van der Waals surface area contributed by atoms with Crippen LogP contribution in [0, 0.1) is 25.2 Å². The molecule has 1 N–H and O–H groups in total. The molecule has 0 bridgehead atoms. The molecule has 4 rings (SSSR count). The Bertz CT molecular complexity index is 1230. The number of hydrogen-bond acceptors (Lipinski definition) is 3. The molecule has 3 aromatic carbocycles. The average molecular weight is 366 g/mol. The van der Waals surface area contributed by atoms with Crippen molar-refractivity contribution in [2.24, 2.45) is 0 Å². The fourth-order valence-electron chi connectivity index (χ4n) is 3.25. The summed E-state index contributed by atoms with van der Waals surface area (Å²) < 4.78 is 2.03. The van der Waals surface area contributed by atoms with Gasteiger partial charge >= 0.3 is 0 Å². The number of nitrogens with zero attached hydrogens (tertiary/aromatic N) is 3. The molecule has 0 spiro atoms. The number of rotatable bonds is 3. The van der Waals surface area contributed by atoms with Gasteiger partial charge in [-0.25, -0.2) is 4.98 Å². The van der Waals surface area contributed by atoms with Crippen LogP contribution in [0.15, 0.2) is 67.0 Å². The van der Waals surface area contributed by atoms with Gasteiger partial charge in [-0.05, 0) is 67.9 Å². The Morgan fingerprint density at radius 2 is 1.82 bits per heavy atom. The van der Waals surface area contributed by atoms with Gasteiger partial charge in [-0.3, -0.25) is 9.36 Å². The number of nitrogens with one attached hydrogen (secondary N) is 1. The highest BCUT2D eigenvalue weighted by atomic mass is 16.1. The molecule has 0 unspecified atom stereocenters. The lowest BCUT2D eigenvalue weighted by Crippen LogP contribution is -2.11. The lowest BCUT2D eigenvalue weighted by atomic mass is 10.1. The summed E-state index contributed by atoms with van der Waals surface area (Å²) in [4.78, 5) is 17.0. The number of carbonyl (C=O) groups is 1. The second-order valence-electron chi connectivity index (χ2n) is 6.75. The van der Waals surface area contributed by atoms with E-state index < -0.39 is 0 Å². The van der Waals surface area contributed by atoms with E-state index in [0.717, 1.165) is 16.7 Å². The number of aryl methyl sites for hydroxylation is 2. The minimum atomic E-state index is -0.215. The SMILES string of the molecule is Cc1ccc(-n2cnc3cc(C(=O)Nc4ccc(C#N)cc4)ccc32)c(C)c1. The number of aromatic nitrogens is 2. The molecule has 0 aliphatic heterocycles. The zero-order valence-corrected chi connectivity index (χ0v) is 15.6. The van der Waals surface area contributed by atoms with Crippen LogP contribution in [-0.4, -0.2) is 15.5 Å². The van der Waals surface area contributed by atoms with Crippen LogP contribution < -0.4 is 5.32 Å². The fraction of sp³-hybridized carbons (Fsp3) is 0.0870. The number of benzene rings is 3. The zero-order valence-electron chi connectivity index (χ0n) is 15.6. The maximum Gasteiger partial charge on any atom is 0.255 e. The Hall–Kier alpha value is -3.91. The largest absolute Gasteiger partial charge is 0.322 e. The minimum Gasteiger partial charge on any atom is -0.322 e. The first-order chi connectivity index (χ1) is 13.5. The summed E-state index contributed by atoms with van der Waals surface area (Å²) in [5, 5.41) is 11.7. The summed E-state index contributed by atoms with van der Waals surface area (Å²) in [6.45, 7) is 4.15. The van der Waals surface area contributed by atoms with Gasteiger partial charge in [0.15, 0.2) is 0 Å². The predicted octanol–water partition coefficient (Wildman–Crippen LogP) is 4.77. The lowest BCUT2D eigenvalue weighted by Gasteiger charge is -2.09. The van der Waals surface area contributed by atoms with Gasteiger partial charge in [0.25, 0.3) is 5.91 Å². The molecule has 1 aromatic heterocycles. The molecule has 0 aliphatic carbocycles. The molecule has 1 amide bonds. The highest BCUT2D eigenvalue weighted by Gasteiger charge is 2.11. The Labute approximate surface area is 162 Å². The molecule has 0 fully saturated rings. The summed E-state index contributed by atoms with van der Waals surface area (Å²) in [5.41, 5.74) is 6.88. The molecule has 0 aliphatic rings. The lowest BCUT2D eigenvalue weighted by molar-refractivity contribution is 0.102. The van der Waals surface area contributed by atoms with Gasteiger partial charge in [0.2, 0.25) is 0 Å². The van der Waals surface area contributed by atoms with E-state index in [-0.39, 0.29) is 5.91 Å². The normalized spacial score (nSPS) is 10.6. The van der Waals surface area contributed by atoms with Crippen molar-refractivity contribution < 1.29 is 4.79 Å². The van der Waals surface area contributed by atoms with Crippen LogP contribution in [-0.2, 0) is 0 Å². The van der Waals surface area contributed by atoms with Gasteiger partial charge in [0.05, 0.1) is 28.4 Å². The Kier molecular flexibility index (Phi) is 4.38. The van der Waals surface area contributed by atoms with E-state index in [4.69, 9.17) is 5.26 Å². The van der Waals surface area contributed by atoms with Gasteiger partial charge in [-0.1, -0.05) is 17.7 Å². The highest BCUT2D eigenvalue weighted by molar-refractivity contribution is 6.06. The summed E-state index contributed by atoms with van der Waals surface area (Å²) in [6, 6.07) is 20.6. The molecular formula is C23H18N4O. The van der Waals surface area contributed by atoms with Crippen LogP contribution in [0.25, 0.3) is 16.7 Å². The van der Waals surface area contributed by atoms with Crippen molar-refractivity contribution in [2.75, 3.05) is 5.32 Å². The summed E-state index contributed by atoms with van der Waals surface area (Å²) in [5.74, 6) is -0.215. The fourth-order valence-corrected chi connectivity index (χ4v) is 3.25. The molecular weight excluding hydrogens is 348 g/mol. The third kappa shape index (κ3) is 3.24.